The summed E-state index contributed by atoms with van der Waals surface area (Å²) in [4.78, 5) is 27.7. The molecule has 108 valence electrons. The first kappa shape index (κ1) is 14.5. The lowest BCUT2D eigenvalue weighted by molar-refractivity contribution is -0.135. The summed E-state index contributed by atoms with van der Waals surface area (Å²) >= 11 is 0. The lowest BCUT2D eigenvalue weighted by Gasteiger charge is -2.29. The van der Waals surface area contributed by atoms with Crippen LogP contribution in [0, 0.1) is 5.92 Å². The molecule has 2 aliphatic rings. The summed E-state index contributed by atoms with van der Waals surface area (Å²) in [7, 11) is 0. The average Bonchev–Trinajstić information content (AvgIpc) is 3.19. The molecule has 1 saturated heterocycles. The predicted molar refractivity (Wildman–Crippen MR) is 74.9 cm³/mol. The number of piperidine rings is 1. The van der Waals surface area contributed by atoms with Gasteiger partial charge in [0.2, 0.25) is 5.91 Å². The van der Waals surface area contributed by atoms with Gasteiger partial charge in [0.1, 0.15) is 5.78 Å². The molecule has 0 spiro atoms. The Labute approximate surface area is 116 Å². The van der Waals surface area contributed by atoms with Crippen molar-refractivity contribution in [1.29, 1.82) is 0 Å². The van der Waals surface area contributed by atoms with Crippen LogP contribution in [-0.2, 0) is 9.59 Å². The maximum Gasteiger partial charge on any atom is 0.236 e. The molecule has 0 unspecified atom stereocenters. The van der Waals surface area contributed by atoms with Crippen LogP contribution in [0.15, 0.2) is 0 Å². The van der Waals surface area contributed by atoms with Crippen molar-refractivity contribution in [2.45, 2.75) is 52.0 Å². The molecule has 1 aliphatic heterocycles. The number of nitrogens with zero attached hydrogens (tertiary/aromatic N) is 2. The summed E-state index contributed by atoms with van der Waals surface area (Å²) in [6, 6.07) is 0.633. The van der Waals surface area contributed by atoms with Crippen LogP contribution in [0.4, 0.5) is 0 Å². The molecule has 0 N–H and O–H groups in total. The third-order valence-electron chi connectivity index (χ3n) is 4.07. The number of amides is 1. The predicted octanol–water partition coefficient (Wildman–Crippen LogP) is 1.69. The Hall–Kier alpha value is -0.900. The van der Waals surface area contributed by atoms with Crippen LogP contribution in [0.2, 0.25) is 0 Å². The van der Waals surface area contributed by atoms with Crippen molar-refractivity contribution in [2.75, 3.05) is 26.2 Å². The fraction of sp³-hybridized carbons (Fsp3) is 0.867. The largest absolute Gasteiger partial charge is 0.341 e. The van der Waals surface area contributed by atoms with Gasteiger partial charge in [-0.15, -0.1) is 0 Å². The highest BCUT2D eigenvalue weighted by molar-refractivity contribution is 5.84. The van der Waals surface area contributed by atoms with Crippen LogP contribution in [0.5, 0.6) is 0 Å². The van der Waals surface area contributed by atoms with Gasteiger partial charge in [-0.25, -0.2) is 0 Å². The molecule has 0 bridgehead atoms. The molecule has 0 aromatic carbocycles. The number of rotatable bonds is 6. The van der Waals surface area contributed by atoms with Crippen LogP contribution in [0.25, 0.3) is 0 Å². The van der Waals surface area contributed by atoms with Crippen LogP contribution >= 0.6 is 0 Å². The molecule has 0 atom stereocenters. The Kier molecular flexibility index (Phi) is 4.97. The molecule has 2 rings (SSSR count). The van der Waals surface area contributed by atoms with Gasteiger partial charge in [0.05, 0.1) is 6.54 Å². The molecular weight excluding hydrogens is 240 g/mol. The number of ketones is 1. The fourth-order valence-electron chi connectivity index (χ4n) is 2.53. The van der Waals surface area contributed by atoms with Crippen molar-refractivity contribution in [2.24, 2.45) is 5.92 Å². The van der Waals surface area contributed by atoms with Gasteiger partial charge in [0.15, 0.2) is 0 Å². The number of carbonyl (C=O) groups is 2. The minimum absolute atomic E-state index is 0.211. The van der Waals surface area contributed by atoms with E-state index in [1.807, 2.05) is 4.90 Å². The van der Waals surface area contributed by atoms with Crippen molar-refractivity contribution in [3.05, 3.63) is 0 Å². The monoisotopic (exact) mass is 266 g/mol. The zero-order chi connectivity index (χ0) is 13.8. The number of hydrogen-bond acceptors (Lipinski definition) is 3. The smallest absolute Gasteiger partial charge is 0.236 e. The van der Waals surface area contributed by atoms with Gasteiger partial charge in [-0.2, -0.15) is 0 Å². The van der Waals surface area contributed by atoms with Gasteiger partial charge in [0.25, 0.3) is 0 Å². The van der Waals surface area contributed by atoms with E-state index < -0.39 is 0 Å². The van der Waals surface area contributed by atoms with E-state index in [1.165, 1.54) is 12.8 Å². The van der Waals surface area contributed by atoms with E-state index in [-0.39, 0.29) is 5.91 Å². The topological polar surface area (TPSA) is 40.6 Å². The maximum atomic E-state index is 12.3. The first-order chi connectivity index (χ1) is 9.06. The minimum Gasteiger partial charge on any atom is -0.341 e. The van der Waals surface area contributed by atoms with Crippen molar-refractivity contribution < 1.29 is 9.59 Å². The van der Waals surface area contributed by atoms with E-state index >= 15 is 0 Å². The molecule has 0 aromatic rings. The van der Waals surface area contributed by atoms with Crippen molar-refractivity contribution in [3.8, 4) is 0 Å². The highest BCUT2D eigenvalue weighted by Crippen LogP contribution is 2.27. The number of carbonyl (C=O) groups excluding carboxylic acids is 2. The zero-order valence-electron chi connectivity index (χ0n) is 12.2. The fourth-order valence-corrected chi connectivity index (χ4v) is 2.53. The molecule has 0 aromatic heterocycles. The van der Waals surface area contributed by atoms with E-state index in [0.29, 0.717) is 50.2 Å². The summed E-state index contributed by atoms with van der Waals surface area (Å²) in [5.74, 6) is 1.19. The van der Waals surface area contributed by atoms with Gasteiger partial charge in [-0.3, -0.25) is 14.5 Å². The molecule has 4 nitrogen and oxygen atoms in total. The normalized spacial score (nSPS) is 20.4. The van der Waals surface area contributed by atoms with Gasteiger partial charge >= 0.3 is 0 Å². The highest BCUT2D eigenvalue weighted by atomic mass is 16.2. The number of hydrogen-bond donors (Lipinski definition) is 0. The Morgan fingerprint density at radius 2 is 1.95 bits per heavy atom. The summed E-state index contributed by atoms with van der Waals surface area (Å²) in [5, 5.41) is 0. The Morgan fingerprint density at radius 1 is 1.32 bits per heavy atom. The van der Waals surface area contributed by atoms with E-state index in [2.05, 4.69) is 18.7 Å². The first-order valence-corrected chi connectivity index (χ1v) is 7.60. The second kappa shape index (κ2) is 6.51. The first-order valence-electron chi connectivity index (χ1n) is 7.60. The van der Waals surface area contributed by atoms with Crippen LogP contribution in [-0.4, -0.2) is 53.7 Å². The van der Waals surface area contributed by atoms with Crippen LogP contribution < -0.4 is 0 Å². The van der Waals surface area contributed by atoms with Crippen LogP contribution in [0.1, 0.15) is 46.0 Å². The number of likely N-dealkylation sites (tertiary alicyclic amines) is 1. The number of Topliss-reactive ketones (excluding diaryl/α,β-unsaturated/α-hetero) is 1. The summed E-state index contributed by atoms with van der Waals surface area (Å²) in [5.41, 5.74) is 0. The van der Waals surface area contributed by atoms with Crippen molar-refractivity contribution in [3.63, 3.8) is 0 Å². The van der Waals surface area contributed by atoms with Crippen LogP contribution in [0.3, 0.4) is 0 Å². The molecule has 1 heterocycles. The SMILES string of the molecule is CC(C)CCN(CC(=O)N1CCC(=O)CC1)C1CC1. The molecule has 2 fully saturated rings. The molecule has 1 saturated carbocycles. The van der Waals surface area contributed by atoms with Gasteiger partial charge in [0, 0.05) is 32.0 Å². The Morgan fingerprint density at radius 3 is 2.47 bits per heavy atom. The lowest BCUT2D eigenvalue weighted by atomic mass is 10.1. The highest BCUT2D eigenvalue weighted by Gasteiger charge is 2.31. The lowest BCUT2D eigenvalue weighted by Crippen LogP contribution is -2.45. The maximum absolute atomic E-state index is 12.3. The summed E-state index contributed by atoms with van der Waals surface area (Å²) in [6.07, 6.45) is 4.72. The average molecular weight is 266 g/mol. The standard InChI is InChI=1S/C15H26N2O2/c1-12(2)5-8-17(13-3-4-13)11-15(19)16-9-6-14(18)7-10-16/h12-13H,3-11H2,1-2H3. The van der Waals surface area contributed by atoms with Crippen molar-refractivity contribution >= 4 is 11.7 Å². The Balaban J connectivity index is 1.79. The molecule has 19 heavy (non-hydrogen) atoms. The molecule has 4 heteroatoms. The second-order valence-electron chi connectivity index (χ2n) is 6.30. The summed E-state index contributed by atoms with van der Waals surface area (Å²) in [6.45, 7) is 7.28. The zero-order valence-corrected chi connectivity index (χ0v) is 12.2. The molecule has 1 aliphatic carbocycles. The van der Waals surface area contributed by atoms with E-state index in [1.54, 1.807) is 0 Å². The van der Waals surface area contributed by atoms with Gasteiger partial charge < -0.3 is 4.90 Å². The molecular formula is C15H26N2O2. The molecule has 1 amide bonds. The van der Waals surface area contributed by atoms with E-state index in [9.17, 15) is 9.59 Å². The van der Waals surface area contributed by atoms with Gasteiger partial charge in [-0.1, -0.05) is 13.8 Å². The third kappa shape index (κ3) is 4.60. The molecule has 0 radical (unpaired) electrons. The minimum atomic E-state index is 0.211. The third-order valence-corrected chi connectivity index (χ3v) is 4.07. The van der Waals surface area contributed by atoms with E-state index in [0.717, 1.165) is 13.0 Å². The van der Waals surface area contributed by atoms with Gasteiger partial charge in [-0.05, 0) is 31.7 Å². The van der Waals surface area contributed by atoms with Crippen molar-refractivity contribution in [1.82, 2.24) is 9.80 Å². The summed E-state index contributed by atoms with van der Waals surface area (Å²) < 4.78 is 0. The van der Waals surface area contributed by atoms with E-state index in [4.69, 9.17) is 0 Å². The quantitative estimate of drug-likeness (QED) is 0.734. The second-order valence-corrected chi connectivity index (χ2v) is 6.30. The Bertz CT molecular complexity index is 327.